The molecule has 1 saturated heterocycles. The van der Waals surface area contributed by atoms with E-state index in [1.807, 2.05) is 18.2 Å². The van der Waals surface area contributed by atoms with Gasteiger partial charge in [-0.3, -0.25) is 9.69 Å². The molecule has 3 aromatic carbocycles. The van der Waals surface area contributed by atoms with Gasteiger partial charge in [-0.1, -0.05) is 30.3 Å². The van der Waals surface area contributed by atoms with E-state index >= 15 is 0 Å². The number of hydrogen-bond acceptors (Lipinski definition) is 6. The number of sulfonamides is 1. The number of amides is 1. The Morgan fingerprint density at radius 1 is 0.861 bits per heavy atom. The number of nitrogens with zero attached hydrogens (tertiary/aromatic N) is 2. The summed E-state index contributed by atoms with van der Waals surface area (Å²) in [4.78, 5) is 27.1. The predicted octanol–water partition coefficient (Wildman–Crippen LogP) is 3.62. The fraction of sp³-hybridized carbons (Fsp3) is 0.259. The number of esters is 1. The average molecular weight is 508 g/mol. The van der Waals surface area contributed by atoms with Crippen LogP contribution in [0.2, 0.25) is 0 Å². The molecule has 1 fully saturated rings. The summed E-state index contributed by atoms with van der Waals surface area (Å²) in [7, 11) is -3.49. The number of carbonyl (C=O) groups is 2. The minimum Gasteiger partial charge on any atom is -0.462 e. The molecule has 1 amide bonds. The van der Waals surface area contributed by atoms with E-state index < -0.39 is 16.0 Å². The first-order chi connectivity index (χ1) is 17.4. The maximum Gasteiger partial charge on any atom is 0.338 e. The van der Waals surface area contributed by atoms with Crippen LogP contribution in [0.15, 0.2) is 83.8 Å². The van der Waals surface area contributed by atoms with Gasteiger partial charge in [0, 0.05) is 44.0 Å². The van der Waals surface area contributed by atoms with Crippen molar-refractivity contribution in [2.45, 2.75) is 18.4 Å². The molecule has 0 aliphatic carbocycles. The Bertz CT molecular complexity index is 1300. The summed E-state index contributed by atoms with van der Waals surface area (Å²) >= 11 is 0. The van der Waals surface area contributed by atoms with Crippen molar-refractivity contribution in [3.8, 4) is 0 Å². The number of ether oxygens (including phenoxy) is 1. The van der Waals surface area contributed by atoms with Gasteiger partial charge in [0.05, 0.1) is 17.1 Å². The summed E-state index contributed by atoms with van der Waals surface area (Å²) in [5.74, 6) is -0.652. The molecule has 0 unspecified atom stereocenters. The first kappa shape index (κ1) is 25.6. The largest absolute Gasteiger partial charge is 0.462 e. The highest BCUT2D eigenvalue weighted by Crippen LogP contribution is 2.19. The van der Waals surface area contributed by atoms with Crippen LogP contribution < -0.4 is 5.32 Å². The van der Waals surface area contributed by atoms with Gasteiger partial charge in [0.2, 0.25) is 10.0 Å². The van der Waals surface area contributed by atoms with Gasteiger partial charge in [0.15, 0.2) is 0 Å². The highest BCUT2D eigenvalue weighted by molar-refractivity contribution is 7.89. The molecule has 0 bridgehead atoms. The number of hydrogen-bond donors (Lipinski definition) is 1. The Morgan fingerprint density at radius 2 is 1.56 bits per heavy atom. The van der Waals surface area contributed by atoms with Gasteiger partial charge in [-0.2, -0.15) is 4.31 Å². The molecule has 0 saturated carbocycles. The molecule has 8 nitrogen and oxygen atoms in total. The molecule has 0 aromatic heterocycles. The van der Waals surface area contributed by atoms with Crippen LogP contribution >= 0.6 is 0 Å². The van der Waals surface area contributed by atoms with E-state index in [0.29, 0.717) is 61.0 Å². The monoisotopic (exact) mass is 507 g/mol. The van der Waals surface area contributed by atoms with Crippen LogP contribution in [0.3, 0.4) is 0 Å². The number of nitrogens with one attached hydrogen (secondary N) is 1. The van der Waals surface area contributed by atoms with E-state index in [2.05, 4.69) is 10.2 Å². The number of anilines is 1. The van der Waals surface area contributed by atoms with Crippen LogP contribution in [-0.4, -0.2) is 62.3 Å². The summed E-state index contributed by atoms with van der Waals surface area (Å²) < 4.78 is 32.2. The summed E-state index contributed by atoms with van der Waals surface area (Å²) in [5.41, 5.74) is 2.50. The third-order valence-electron chi connectivity index (χ3n) is 5.96. The van der Waals surface area contributed by atoms with E-state index in [9.17, 15) is 18.0 Å². The highest BCUT2D eigenvalue weighted by atomic mass is 32.2. The zero-order valence-corrected chi connectivity index (χ0v) is 20.9. The van der Waals surface area contributed by atoms with E-state index in [1.165, 1.54) is 4.31 Å². The standard InChI is InChI=1S/C27H29N3O5S/c1-2-35-27(32)22-11-13-24(14-12-22)28-26(31)23-8-6-7-21(19-23)20-29-15-17-30(18-16-29)36(33,34)25-9-4-3-5-10-25/h3-14,19H,2,15-18,20H2,1H3,(H,28,31). The van der Waals surface area contributed by atoms with Gasteiger partial charge in [0.25, 0.3) is 5.91 Å². The molecule has 36 heavy (non-hydrogen) atoms. The van der Waals surface area contributed by atoms with Crippen LogP contribution in [0.25, 0.3) is 0 Å². The molecule has 0 atom stereocenters. The molecule has 188 valence electrons. The maximum atomic E-state index is 12.8. The Kier molecular flexibility index (Phi) is 8.14. The normalized spacial score (nSPS) is 14.8. The van der Waals surface area contributed by atoms with Crippen LogP contribution in [0.4, 0.5) is 5.69 Å². The lowest BCUT2D eigenvalue weighted by Crippen LogP contribution is -2.48. The molecule has 1 N–H and O–H groups in total. The van der Waals surface area contributed by atoms with Gasteiger partial charge >= 0.3 is 5.97 Å². The van der Waals surface area contributed by atoms with Crippen molar-refractivity contribution < 1.29 is 22.7 Å². The first-order valence-corrected chi connectivity index (χ1v) is 13.3. The van der Waals surface area contributed by atoms with Crippen molar-refractivity contribution in [1.29, 1.82) is 0 Å². The molecule has 1 heterocycles. The molecule has 3 aromatic rings. The molecule has 1 aliphatic heterocycles. The van der Waals surface area contributed by atoms with Crippen molar-refractivity contribution in [3.63, 3.8) is 0 Å². The molecule has 0 radical (unpaired) electrons. The minimum absolute atomic E-state index is 0.250. The van der Waals surface area contributed by atoms with Crippen molar-refractivity contribution in [2.75, 3.05) is 38.1 Å². The van der Waals surface area contributed by atoms with Crippen LogP contribution in [-0.2, 0) is 21.3 Å². The lowest BCUT2D eigenvalue weighted by molar-refractivity contribution is 0.0526. The number of carbonyl (C=O) groups excluding carboxylic acids is 2. The molecular formula is C27H29N3O5S. The molecule has 0 spiro atoms. The first-order valence-electron chi connectivity index (χ1n) is 11.8. The van der Waals surface area contributed by atoms with Crippen LogP contribution in [0, 0.1) is 0 Å². The second-order valence-electron chi connectivity index (χ2n) is 8.45. The van der Waals surface area contributed by atoms with Gasteiger partial charge < -0.3 is 10.1 Å². The molecule has 9 heteroatoms. The third-order valence-corrected chi connectivity index (χ3v) is 7.87. The highest BCUT2D eigenvalue weighted by Gasteiger charge is 2.28. The van der Waals surface area contributed by atoms with Crippen molar-refractivity contribution >= 4 is 27.6 Å². The van der Waals surface area contributed by atoms with E-state index in [1.54, 1.807) is 67.6 Å². The smallest absolute Gasteiger partial charge is 0.338 e. The second kappa shape index (κ2) is 11.5. The van der Waals surface area contributed by atoms with Crippen molar-refractivity contribution in [3.05, 3.63) is 95.6 Å². The second-order valence-corrected chi connectivity index (χ2v) is 10.4. The quantitative estimate of drug-likeness (QED) is 0.468. The van der Waals surface area contributed by atoms with E-state index in [0.717, 1.165) is 5.56 Å². The van der Waals surface area contributed by atoms with Gasteiger partial charge in [-0.05, 0) is 61.0 Å². The molecule has 1 aliphatic rings. The fourth-order valence-corrected chi connectivity index (χ4v) is 5.49. The Labute approximate surface area is 211 Å². The van der Waals surface area contributed by atoms with Crippen LogP contribution in [0.1, 0.15) is 33.2 Å². The van der Waals surface area contributed by atoms with E-state index in [-0.39, 0.29) is 5.91 Å². The Morgan fingerprint density at radius 3 is 2.22 bits per heavy atom. The summed E-state index contributed by atoms with van der Waals surface area (Å²) in [6, 6.07) is 22.4. The Balaban J connectivity index is 1.33. The fourth-order valence-electron chi connectivity index (χ4n) is 4.05. The summed E-state index contributed by atoms with van der Waals surface area (Å²) in [6.45, 7) is 4.71. The van der Waals surface area contributed by atoms with E-state index in [4.69, 9.17) is 4.74 Å². The lowest BCUT2D eigenvalue weighted by atomic mass is 10.1. The number of piperazine rings is 1. The number of rotatable bonds is 8. The zero-order valence-electron chi connectivity index (χ0n) is 20.1. The third kappa shape index (κ3) is 6.17. The maximum absolute atomic E-state index is 12.8. The Hall–Kier alpha value is -3.53. The average Bonchev–Trinajstić information content (AvgIpc) is 2.90. The topological polar surface area (TPSA) is 96.0 Å². The number of benzene rings is 3. The molecule has 4 rings (SSSR count). The zero-order chi connectivity index (χ0) is 25.5. The van der Waals surface area contributed by atoms with Gasteiger partial charge in [-0.25, -0.2) is 13.2 Å². The van der Waals surface area contributed by atoms with Gasteiger partial charge in [0.1, 0.15) is 0 Å². The lowest BCUT2D eigenvalue weighted by Gasteiger charge is -2.34. The van der Waals surface area contributed by atoms with Crippen LogP contribution in [0.5, 0.6) is 0 Å². The minimum atomic E-state index is -3.49. The molecular weight excluding hydrogens is 478 g/mol. The van der Waals surface area contributed by atoms with Crippen molar-refractivity contribution in [1.82, 2.24) is 9.21 Å². The summed E-state index contributed by atoms with van der Waals surface area (Å²) in [6.07, 6.45) is 0. The summed E-state index contributed by atoms with van der Waals surface area (Å²) in [5, 5.41) is 2.85. The van der Waals surface area contributed by atoms with Gasteiger partial charge in [-0.15, -0.1) is 0 Å². The SMILES string of the molecule is CCOC(=O)c1ccc(NC(=O)c2cccc(CN3CCN(S(=O)(=O)c4ccccc4)CC3)c2)cc1. The van der Waals surface area contributed by atoms with Crippen molar-refractivity contribution in [2.24, 2.45) is 0 Å². The predicted molar refractivity (Wildman–Crippen MR) is 137 cm³/mol.